The van der Waals surface area contributed by atoms with Gasteiger partial charge in [-0.2, -0.15) is 5.10 Å². The van der Waals surface area contributed by atoms with Crippen LogP contribution in [0.1, 0.15) is 29.6 Å². The first-order chi connectivity index (χ1) is 7.75. The Morgan fingerprint density at radius 3 is 3.19 bits per heavy atom. The number of carbonyl (C=O) groups excluding carboxylic acids is 1. The zero-order chi connectivity index (χ0) is 11.4. The highest BCUT2D eigenvalue weighted by atomic mass is 16.1. The molecular weight excluding hydrogens is 204 g/mol. The van der Waals surface area contributed by atoms with E-state index in [1.807, 2.05) is 0 Å². The third kappa shape index (κ3) is 2.82. The van der Waals surface area contributed by atoms with Crippen LogP contribution in [0.3, 0.4) is 0 Å². The monoisotopic (exact) mass is 222 g/mol. The first-order valence-electron chi connectivity index (χ1n) is 5.76. The molecule has 0 aliphatic carbocycles. The van der Waals surface area contributed by atoms with E-state index in [-0.39, 0.29) is 5.91 Å². The zero-order valence-electron chi connectivity index (χ0n) is 9.57. The molecule has 1 aliphatic heterocycles. The van der Waals surface area contributed by atoms with E-state index in [4.69, 9.17) is 0 Å². The average molecular weight is 222 g/mol. The highest BCUT2D eigenvalue weighted by Gasteiger charge is 2.14. The molecule has 1 aromatic heterocycles. The summed E-state index contributed by atoms with van der Waals surface area (Å²) in [6, 6.07) is 0.425. The lowest BCUT2D eigenvalue weighted by atomic mass is 10.1. The minimum Gasteiger partial charge on any atom is -0.350 e. The Bertz CT molecular complexity index is 355. The summed E-state index contributed by atoms with van der Waals surface area (Å²) in [4.78, 5) is 11.7. The van der Waals surface area contributed by atoms with E-state index in [9.17, 15) is 4.79 Å². The van der Waals surface area contributed by atoms with E-state index in [0.717, 1.165) is 13.0 Å². The summed E-state index contributed by atoms with van der Waals surface area (Å²) in [5.41, 5.74) is 0.623. The van der Waals surface area contributed by atoms with Crippen molar-refractivity contribution in [3.63, 3.8) is 0 Å². The number of aromatic nitrogens is 2. The molecule has 1 unspecified atom stereocenters. The summed E-state index contributed by atoms with van der Waals surface area (Å²) < 4.78 is 1.63. The quantitative estimate of drug-likeness (QED) is 0.773. The molecule has 1 aliphatic rings. The molecule has 1 amide bonds. The number of amides is 1. The van der Waals surface area contributed by atoms with Crippen LogP contribution in [0.4, 0.5) is 0 Å². The standard InChI is InChI=1S/C11H18N4O/c1-15-8-9(6-14-15)11(16)13-7-10-4-2-3-5-12-10/h6,8,10,12H,2-5,7H2,1H3,(H,13,16). The second-order valence-corrected chi connectivity index (χ2v) is 4.26. The minimum absolute atomic E-state index is 0.0412. The van der Waals surface area contributed by atoms with E-state index in [0.29, 0.717) is 18.2 Å². The average Bonchev–Trinajstić information content (AvgIpc) is 2.74. The van der Waals surface area contributed by atoms with Crippen LogP contribution in [0.5, 0.6) is 0 Å². The number of hydrogen-bond acceptors (Lipinski definition) is 3. The van der Waals surface area contributed by atoms with Gasteiger partial charge in [-0.05, 0) is 19.4 Å². The summed E-state index contributed by atoms with van der Waals surface area (Å²) in [6.07, 6.45) is 6.95. The molecule has 2 N–H and O–H groups in total. The van der Waals surface area contributed by atoms with Crippen molar-refractivity contribution in [2.45, 2.75) is 25.3 Å². The largest absolute Gasteiger partial charge is 0.350 e. The van der Waals surface area contributed by atoms with E-state index in [2.05, 4.69) is 15.7 Å². The summed E-state index contributed by atoms with van der Waals surface area (Å²) in [6.45, 7) is 1.77. The van der Waals surface area contributed by atoms with Gasteiger partial charge in [-0.15, -0.1) is 0 Å². The molecule has 0 saturated carbocycles. The van der Waals surface area contributed by atoms with Gasteiger partial charge in [0, 0.05) is 25.8 Å². The van der Waals surface area contributed by atoms with Crippen LogP contribution in [0.2, 0.25) is 0 Å². The van der Waals surface area contributed by atoms with Gasteiger partial charge in [-0.25, -0.2) is 0 Å². The molecule has 88 valence electrons. The van der Waals surface area contributed by atoms with Gasteiger partial charge in [0.15, 0.2) is 0 Å². The molecule has 1 fully saturated rings. The van der Waals surface area contributed by atoms with Crippen LogP contribution in [0.25, 0.3) is 0 Å². The Balaban J connectivity index is 1.79. The maximum atomic E-state index is 11.7. The maximum Gasteiger partial charge on any atom is 0.254 e. The van der Waals surface area contributed by atoms with Crippen LogP contribution < -0.4 is 10.6 Å². The summed E-state index contributed by atoms with van der Waals surface area (Å²) in [7, 11) is 1.81. The number of carbonyl (C=O) groups is 1. The molecule has 16 heavy (non-hydrogen) atoms. The normalized spacial score (nSPS) is 20.7. The molecular formula is C11H18N4O. The molecule has 1 saturated heterocycles. The first kappa shape index (κ1) is 11.1. The minimum atomic E-state index is -0.0412. The Labute approximate surface area is 95.2 Å². The topological polar surface area (TPSA) is 59.0 Å². The van der Waals surface area contributed by atoms with Crippen molar-refractivity contribution in [2.24, 2.45) is 7.05 Å². The van der Waals surface area contributed by atoms with E-state index in [1.165, 1.54) is 12.8 Å². The van der Waals surface area contributed by atoms with Gasteiger partial charge >= 0.3 is 0 Å². The molecule has 5 nitrogen and oxygen atoms in total. The Morgan fingerprint density at radius 1 is 1.69 bits per heavy atom. The third-order valence-electron chi connectivity index (χ3n) is 2.89. The van der Waals surface area contributed by atoms with Gasteiger partial charge in [0.05, 0.1) is 11.8 Å². The number of aryl methyl sites for hydroxylation is 1. The fourth-order valence-electron chi connectivity index (χ4n) is 1.95. The molecule has 0 aromatic carbocycles. The second-order valence-electron chi connectivity index (χ2n) is 4.26. The highest BCUT2D eigenvalue weighted by Crippen LogP contribution is 2.06. The lowest BCUT2D eigenvalue weighted by Crippen LogP contribution is -2.43. The van der Waals surface area contributed by atoms with Crippen LogP contribution in [0, 0.1) is 0 Å². The molecule has 5 heteroatoms. The molecule has 0 spiro atoms. The van der Waals surface area contributed by atoms with Crippen molar-refractivity contribution in [3.05, 3.63) is 18.0 Å². The molecule has 0 radical (unpaired) electrons. The second kappa shape index (κ2) is 5.12. The molecule has 0 bridgehead atoms. The van der Waals surface area contributed by atoms with Gasteiger partial charge in [-0.1, -0.05) is 6.42 Å². The third-order valence-corrected chi connectivity index (χ3v) is 2.89. The summed E-state index contributed by atoms with van der Waals surface area (Å²) in [5.74, 6) is -0.0412. The fourth-order valence-corrected chi connectivity index (χ4v) is 1.95. The van der Waals surface area contributed by atoms with Crippen molar-refractivity contribution >= 4 is 5.91 Å². The zero-order valence-corrected chi connectivity index (χ0v) is 9.57. The predicted octanol–water partition coefficient (Wildman–Crippen LogP) is 0.292. The van der Waals surface area contributed by atoms with E-state index < -0.39 is 0 Å². The first-order valence-corrected chi connectivity index (χ1v) is 5.76. The molecule has 2 heterocycles. The number of hydrogen-bond donors (Lipinski definition) is 2. The van der Waals surface area contributed by atoms with Gasteiger partial charge in [0.1, 0.15) is 0 Å². The van der Waals surface area contributed by atoms with Crippen molar-refractivity contribution in [1.82, 2.24) is 20.4 Å². The molecule has 1 atom stereocenters. The Morgan fingerprint density at radius 2 is 2.56 bits per heavy atom. The number of nitrogens with one attached hydrogen (secondary N) is 2. The Hall–Kier alpha value is -1.36. The lowest BCUT2D eigenvalue weighted by molar-refractivity contribution is 0.0947. The van der Waals surface area contributed by atoms with Gasteiger partial charge in [0.2, 0.25) is 0 Å². The lowest BCUT2D eigenvalue weighted by Gasteiger charge is -2.23. The highest BCUT2D eigenvalue weighted by molar-refractivity contribution is 5.93. The predicted molar refractivity (Wildman–Crippen MR) is 61.2 cm³/mol. The summed E-state index contributed by atoms with van der Waals surface area (Å²) >= 11 is 0. The summed E-state index contributed by atoms with van der Waals surface area (Å²) in [5, 5.41) is 10.3. The number of piperidine rings is 1. The van der Waals surface area contributed by atoms with Gasteiger partial charge < -0.3 is 10.6 Å². The van der Waals surface area contributed by atoms with E-state index >= 15 is 0 Å². The fraction of sp³-hybridized carbons (Fsp3) is 0.636. The van der Waals surface area contributed by atoms with Crippen LogP contribution >= 0.6 is 0 Å². The van der Waals surface area contributed by atoms with Crippen LogP contribution in [0.15, 0.2) is 12.4 Å². The smallest absolute Gasteiger partial charge is 0.254 e. The maximum absolute atomic E-state index is 11.7. The van der Waals surface area contributed by atoms with Crippen LogP contribution in [-0.4, -0.2) is 34.8 Å². The number of nitrogens with zero attached hydrogens (tertiary/aromatic N) is 2. The van der Waals surface area contributed by atoms with Gasteiger partial charge in [-0.3, -0.25) is 9.48 Å². The van der Waals surface area contributed by atoms with Crippen molar-refractivity contribution in [3.8, 4) is 0 Å². The molecule has 2 rings (SSSR count). The van der Waals surface area contributed by atoms with Crippen LogP contribution in [-0.2, 0) is 7.05 Å². The number of rotatable bonds is 3. The molecule has 1 aromatic rings. The van der Waals surface area contributed by atoms with Crippen molar-refractivity contribution in [2.75, 3.05) is 13.1 Å². The SMILES string of the molecule is Cn1cc(C(=O)NCC2CCCCN2)cn1. The Kier molecular flexibility index (Phi) is 3.56. The van der Waals surface area contributed by atoms with Crippen molar-refractivity contribution in [1.29, 1.82) is 0 Å². The van der Waals surface area contributed by atoms with Crippen molar-refractivity contribution < 1.29 is 4.79 Å². The van der Waals surface area contributed by atoms with Gasteiger partial charge in [0.25, 0.3) is 5.91 Å². The van der Waals surface area contributed by atoms with E-state index in [1.54, 1.807) is 24.1 Å².